The van der Waals surface area contributed by atoms with Crippen LogP contribution >= 0.6 is 11.6 Å². The Bertz CT molecular complexity index is 526. The van der Waals surface area contributed by atoms with E-state index in [1.54, 1.807) is 0 Å². The van der Waals surface area contributed by atoms with Crippen molar-refractivity contribution in [1.82, 2.24) is 15.0 Å². The van der Waals surface area contributed by atoms with Gasteiger partial charge in [-0.25, -0.2) is 19.7 Å². The van der Waals surface area contributed by atoms with Gasteiger partial charge in [0.05, 0.1) is 12.7 Å². The van der Waals surface area contributed by atoms with E-state index in [1.807, 2.05) is 0 Å². The van der Waals surface area contributed by atoms with E-state index in [0.29, 0.717) is 5.56 Å². The number of nitrogens with zero attached hydrogens (tertiary/aromatic N) is 3. The molecule has 0 atom stereocenters. The van der Waals surface area contributed by atoms with Crippen LogP contribution in [0.3, 0.4) is 0 Å². The van der Waals surface area contributed by atoms with E-state index in [-0.39, 0.29) is 16.7 Å². The van der Waals surface area contributed by atoms with Gasteiger partial charge >= 0.3 is 5.97 Å². The van der Waals surface area contributed by atoms with Crippen LogP contribution in [-0.2, 0) is 4.74 Å². The first-order valence-corrected chi connectivity index (χ1v) is 4.60. The summed E-state index contributed by atoms with van der Waals surface area (Å²) in [4.78, 5) is 22.6. The van der Waals surface area contributed by atoms with Crippen LogP contribution in [0, 0.1) is 0 Å². The Morgan fingerprint density at radius 2 is 2.38 bits per heavy atom. The van der Waals surface area contributed by atoms with Gasteiger partial charge in [-0.2, -0.15) is 0 Å². The predicted molar refractivity (Wildman–Crippen MR) is 53.9 cm³/mol. The van der Waals surface area contributed by atoms with Crippen LogP contribution in [0.5, 0.6) is 0 Å². The standard InChI is InChI=1S/C9H6ClN3O3/c1-15-9(14)6-3-16-8(13-6)5-2-11-4-12-7(5)10/h2-4H,1H3. The lowest BCUT2D eigenvalue weighted by atomic mass is 10.3. The molecule has 2 aromatic rings. The first-order valence-electron chi connectivity index (χ1n) is 4.22. The van der Waals surface area contributed by atoms with Gasteiger partial charge in [-0.1, -0.05) is 11.6 Å². The summed E-state index contributed by atoms with van der Waals surface area (Å²) in [7, 11) is 1.26. The summed E-state index contributed by atoms with van der Waals surface area (Å²) < 4.78 is 9.57. The molecule has 0 amide bonds. The van der Waals surface area contributed by atoms with E-state index >= 15 is 0 Å². The maximum absolute atomic E-state index is 11.1. The van der Waals surface area contributed by atoms with E-state index in [1.165, 1.54) is 25.9 Å². The van der Waals surface area contributed by atoms with Crippen molar-refractivity contribution in [1.29, 1.82) is 0 Å². The zero-order valence-electron chi connectivity index (χ0n) is 8.18. The summed E-state index contributed by atoms with van der Waals surface area (Å²) in [5.74, 6) is -0.408. The summed E-state index contributed by atoms with van der Waals surface area (Å²) in [6, 6.07) is 0. The van der Waals surface area contributed by atoms with Crippen molar-refractivity contribution in [3.63, 3.8) is 0 Å². The Kier molecular flexibility index (Phi) is 2.82. The highest BCUT2D eigenvalue weighted by Gasteiger charge is 2.15. The molecular weight excluding hydrogens is 234 g/mol. The van der Waals surface area contributed by atoms with Crippen LogP contribution in [-0.4, -0.2) is 28.0 Å². The van der Waals surface area contributed by atoms with E-state index in [2.05, 4.69) is 19.7 Å². The topological polar surface area (TPSA) is 78.1 Å². The SMILES string of the molecule is COC(=O)c1coc(-c2cncnc2Cl)n1. The first kappa shape index (κ1) is 10.6. The number of hydrogen-bond acceptors (Lipinski definition) is 6. The van der Waals surface area contributed by atoms with Gasteiger partial charge in [0.15, 0.2) is 5.69 Å². The highest BCUT2D eigenvalue weighted by Crippen LogP contribution is 2.23. The lowest BCUT2D eigenvalue weighted by Crippen LogP contribution is -2.01. The summed E-state index contributed by atoms with van der Waals surface area (Å²) in [5, 5.41) is 0.202. The third-order valence-electron chi connectivity index (χ3n) is 1.79. The number of aromatic nitrogens is 3. The summed E-state index contributed by atoms with van der Waals surface area (Å²) >= 11 is 5.81. The quantitative estimate of drug-likeness (QED) is 0.585. The molecule has 82 valence electrons. The van der Waals surface area contributed by atoms with Crippen LogP contribution in [0.15, 0.2) is 23.2 Å². The monoisotopic (exact) mass is 239 g/mol. The third kappa shape index (κ3) is 1.87. The number of oxazole rings is 1. The Morgan fingerprint density at radius 3 is 3.06 bits per heavy atom. The molecule has 0 aliphatic carbocycles. The van der Waals surface area contributed by atoms with Gasteiger partial charge < -0.3 is 9.15 Å². The fourth-order valence-electron chi connectivity index (χ4n) is 1.05. The molecule has 0 saturated heterocycles. The van der Waals surface area contributed by atoms with Gasteiger partial charge in [0.25, 0.3) is 0 Å². The molecule has 7 heteroatoms. The van der Waals surface area contributed by atoms with Crippen molar-refractivity contribution in [3.8, 4) is 11.5 Å². The molecule has 0 radical (unpaired) electrons. The Balaban J connectivity index is 2.39. The number of hydrogen-bond donors (Lipinski definition) is 0. The zero-order chi connectivity index (χ0) is 11.5. The molecule has 16 heavy (non-hydrogen) atoms. The average Bonchev–Trinajstić information content (AvgIpc) is 2.78. The molecule has 0 saturated carbocycles. The number of methoxy groups -OCH3 is 1. The smallest absolute Gasteiger partial charge is 0.360 e. The number of rotatable bonds is 2. The van der Waals surface area contributed by atoms with Gasteiger partial charge in [0, 0.05) is 6.20 Å². The third-order valence-corrected chi connectivity index (χ3v) is 2.09. The van der Waals surface area contributed by atoms with Crippen molar-refractivity contribution in [2.24, 2.45) is 0 Å². The highest BCUT2D eigenvalue weighted by atomic mass is 35.5. The summed E-state index contributed by atoms with van der Waals surface area (Å²) in [6.45, 7) is 0. The van der Waals surface area contributed by atoms with E-state index in [9.17, 15) is 4.79 Å². The number of halogens is 1. The molecule has 0 aliphatic heterocycles. The van der Waals surface area contributed by atoms with Crippen LogP contribution in [0.1, 0.15) is 10.5 Å². The van der Waals surface area contributed by atoms with Crippen molar-refractivity contribution in [2.75, 3.05) is 7.11 Å². The minimum atomic E-state index is -0.581. The van der Waals surface area contributed by atoms with Crippen molar-refractivity contribution < 1.29 is 13.9 Å². The maximum Gasteiger partial charge on any atom is 0.360 e. The van der Waals surface area contributed by atoms with Crippen molar-refractivity contribution in [3.05, 3.63) is 29.6 Å². The molecule has 0 aromatic carbocycles. The highest BCUT2D eigenvalue weighted by molar-refractivity contribution is 6.31. The summed E-state index contributed by atoms with van der Waals surface area (Å²) in [5.41, 5.74) is 0.483. The van der Waals surface area contributed by atoms with Crippen LogP contribution < -0.4 is 0 Å². The maximum atomic E-state index is 11.1. The lowest BCUT2D eigenvalue weighted by Gasteiger charge is -1.95. The second-order valence-electron chi connectivity index (χ2n) is 2.76. The largest absolute Gasteiger partial charge is 0.464 e. The number of carbonyl (C=O) groups is 1. The van der Waals surface area contributed by atoms with Gasteiger partial charge in [-0.05, 0) is 0 Å². The van der Waals surface area contributed by atoms with Crippen LogP contribution in [0.2, 0.25) is 5.15 Å². The molecule has 2 aromatic heterocycles. The van der Waals surface area contributed by atoms with Crippen LogP contribution in [0.4, 0.5) is 0 Å². The fourth-order valence-corrected chi connectivity index (χ4v) is 1.23. The number of esters is 1. The molecule has 6 nitrogen and oxygen atoms in total. The number of carbonyl (C=O) groups excluding carboxylic acids is 1. The molecule has 0 unspecified atom stereocenters. The van der Waals surface area contributed by atoms with Crippen molar-refractivity contribution >= 4 is 17.6 Å². The molecule has 0 fully saturated rings. The van der Waals surface area contributed by atoms with Gasteiger partial charge in [0.2, 0.25) is 5.89 Å². The second-order valence-corrected chi connectivity index (χ2v) is 3.11. The Labute approximate surface area is 95.2 Å². The minimum absolute atomic E-state index is 0.0671. The Morgan fingerprint density at radius 1 is 1.56 bits per heavy atom. The minimum Gasteiger partial charge on any atom is -0.464 e. The molecule has 2 rings (SSSR count). The van der Waals surface area contributed by atoms with Gasteiger partial charge in [-0.15, -0.1) is 0 Å². The molecule has 2 heterocycles. The van der Waals surface area contributed by atoms with Crippen molar-refractivity contribution in [2.45, 2.75) is 0 Å². The number of ether oxygens (including phenoxy) is 1. The van der Waals surface area contributed by atoms with Crippen LogP contribution in [0.25, 0.3) is 11.5 Å². The molecule has 0 aliphatic rings. The first-order chi connectivity index (χ1) is 7.72. The summed E-state index contributed by atoms with van der Waals surface area (Å²) in [6.07, 6.45) is 3.93. The second kappa shape index (κ2) is 4.28. The van der Waals surface area contributed by atoms with E-state index in [0.717, 1.165) is 0 Å². The molecule has 0 N–H and O–H groups in total. The fraction of sp³-hybridized carbons (Fsp3) is 0.111. The molecule has 0 spiro atoms. The van der Waals surface area contributed by atoms with Gasteiger partial charge in [-0.3, -0.25) is 0 Å². The lowest BCUT2D eigenvalue weighted by molar-refractivity contribution is 0.0594. The normalized spacial score (nSPS) is 10.1. The van der Waals surface area contributed by atoms with E-state index < -0.39 is 5.97 Å². The Hall–Kier alpha value is -1.95. The molecule has 0 bridgehead atoms. The molecular formula is C9H6ClN3O3. The van der Waals surface area contributed by atoms with Gasteiger partial charge in [0.1, 0.15) is 17.7 Å². The average molecular weight is 240 g/mol. The van der Waals surface area contributed by atoms with E-state index in [4.69, 9.17) is 16.0 Å². The predicted octanol–water partition coefficient (Wildman–Crippen LogP) is 1.57. The zero-order valence-corrected chi connectivity index (χ0v) is 8.93.